The maximum Gasteiger partial charge on any atom is 0.408 e. The molecule has 35 heavy (non-hydrogen) atoms. The van der Waals surface area contributed by atoms with E-state index in [1.807, 2.05) is 6.07 Å². The summed E-state index contributed by atoms with van der Waals surface area (Å²) in [6.07, 6.45) is 7.65. The summed E-state index contributed by atoms with van der Waals surface area (Å²) in [6, 6.07) is 6.64. The summed E-state index contributed by atoms with van der Waals surface area (Å²) in [4.78, 5) is 40.8. The molecule has 0 aliphatic rings. The van der Waals surface area contributed by atoms with E-state index in [-0.39, 0.29) is 12.5 Å². The Bertz CT molecular complexity index is 953. The second-order valence-corrected chi connectivity index (χ2v) is 9.62. The third-order valence-electron chi connectivity index (χ3n) is 5.18. The molecule has 0 fully saturated rings. The first-order valence-corrected chi connectivity index (χ1v) is 12.0. The summed E-state index contributed by atoms with van der Waals surface area (Å²) >= 11 is 0. The zero-order valence-corrected chi connectivity index (χ0v) is 21.7. The van der Waals surface area contributed by atoms with Crippen LogP contribution in [0.1, 0.15) is 78.0 Å². The summed E-state index contributed by atoms with van der Waals surface area (Å²) in [5, 5.41) is 15.1. The van der Waals surface area contributed by atoms with Crippen molar-refractivity contribution in [2.45, 2.75) is 78.5 Å². The summed E-state index contributed by atoms with van der Waals surface area (Å²) in [5.74, 6) is 1.21. The van der Waals surface area contributed by atoms with Gasteiger partial charge in [-0.1, -0.05) is 57.7 Å². The summed E-state index contributed by atoms with van der Waals surface area (Å²) in [7, 11) is 0. The van der Waals surface area contributed by atoms with Gasteiger partial charge in [0.05, 0.1) is 6.07 Å². The first kappa shape index (κ1) is 29.5. The number of nitrogens with zero attached hydrogens (tertiary/aromatic N) is 2. The lowest BCUT2D eigenvalue weighted by molar-refractivity contribution is -0.142. The van der Waals surface area contributed by atoms with E-state index >= 15 is 0 Å². The number of nitriles is 1. The summed E-state index contributed by atoms with van der Waals surface area (Å²) < 4.78 is 5.32. The van der Waals surface area contributed by atoms with Crippen LogP contribution in [0.25, 0.3) is 0 Å². The molecule has 8 heteroatoms. The topological polar surface area (TPSA) is 112 Å². The van der Waals surface area contributed by atoms with Crippen LogP contribution in [0.5, 0.6) is 0 Å². The summed E-state index contributed by atoms with van der Waals surface area (Å²) in [5.41, 5.74) is 0.123. The van der Waals surface area contributed by atoms with Crippen molar-refractivity contribution in [2.75, 3.05) is 13.1 Å². The van der Waals surface area contributed by atoms with E-state index in [0.717, 1.165) is 19.3 Å². The molecule has 1 aromatic carbocycles. The van der Waals surface area contributed by atoms with Gasteiger partial charge in [0.15, 0.2) is 0 Å². The van der Waals surface area contributed by atoms with Gasteiger partial charge in [0.1, 0.15) is 24.2 Å². The van der Waals surface area contributed by atoms with Crippen LogP contribution in [-0.2, 0) is 14.3 Å². The first-order valence-electron chi connectivity index (χ1n) is 12.0. The number of terminal acetylenes is 1. The Morgan fingerprint density at radius 2 is 1.83 bits per heavy atom. The van der Waals surface area contributed by atoms with Crippen LogP contribution in [-0.4, -0.2) is 47.5 Å². The lowest BCUT2D eigenvalue weighted by Gasteiger charge is -2.34. The van der Waals surface area contributed by atoms with Gasteiger partial charge >= 0.3 is 6.09 Å². The minimum Gasteiger partial charge on any atom is -0.444 e. The van der Waals surface area contributed by atoms with Crippen molar-refractivity contribution in [1.82, 2.24) is 15.5 Å². The molecular weight excluding hydrogens is 444 g/mol. The Morgan fingerprint density at radius 1 is 1.17 bits per heavy atom. The number of carbonyl (C=O) groups excluding carboxylic acids is 3. The number of hydrogen-bond donors (Lipinski definition) is 2. The Hall–Kier alpha value is -3.52. The smallest absolute Gasteiger partial charge is 0.408 e. The van der Waals surface area contributed by atoms with Crippen molar-refractivity contribution < 1.29 is 19.1 Å². The zero-order chi connectivity index (χ0) is 26.6. The molecule has 0 spiro atoms. The monoisotopic (exact) mass is 482 g/mol. The number of alkyl carbamates (subject to hydrolysis) is 1. The fourth-order valence-corrected chi connectivity index (χ4v) is 3.50. The third kappa shape index (κ3) is 9.33. The predicted molar refractivity (Wildman–Crippen MR) is 135 cm³/mol. The number of amides is 3. The highest BCUT2D eigenvalue weighted by molar-refractivity contribution is 5.92. The normalized spacial score (nSPS) is 12.6. The fourth-order valence-electron chi connectivity index (χ4n) is 3.50. The van der Waals surface area contributed by atoms with Gasteiger partial charge in [-0.2, -0.15) is 5.26 Å². The molecule has 0 saturated heterocycles. The van der Waals surface area contributed by atoms with Gasteiger partial charge in [-0.3, -0.25) is 9.59 Å². The second-order valence-electron chi connectivity index (χ2n) is 9.62. The van der Waals surface area contributed by atoms with Crippen molar-refractivity contribution in [3.05, 3.63) is 35.4 Å². The predicted octanol–water partition coefficient (Wildman–Crippen LogP) is 3.92. The van der Waals surface area contributed by atoms with E-state index in [0.29, 0.717) is 17.7 Å². The number of nitrogens with one attached hydrogen (secondary N) is 2. The van der Waals surface area contributed by atoms with Gasteiger partial charge < -0.3 is 20.3 Å². The van der Waals surface area contributed by atoms with Gasteiger partial charge in [0.25, 0.3) is 0 Å². The van der Waals surface area contributed by atoms with Crippen LogP contribution in [0.15, 0.2) is 24.3 Å². The van der Waals surface area contributed by atoms with E-state index in [2.05, 4.69) is 23.5 Å². The molecule has 0 aromatic heterocycles. The van der Waals surface area contributed by atoms with Crippen LogP contribution < -0.4 is 10.6 Å². The molecule has 190 valence electrons. The van der Waals surface area contributed by atoms with Crippen LogP contribution in [0.2, 0.25) is 0 Å². The van der Waals surface area contributed by atoms with Crippen LogP contribution in [0, 0.1) is 29.6 Å². The minimum atomic E-state index is -1.14. The molecule has 2 N–H and O–H groups in total. The van der Waals surface area contributed by atoms with Gasteiger partial charge in [-0.05, 0) is 44.7 Å². The largest absolute Gasteiger partial charge is 0.444 e. The number of benzene rings is 1. The highest BCUT2D eigenvalue weighted by atomic mass is 16.6. The average Bonchev–Trinajstić information content (AvgIpc) is 2.78. The van der Waals surface area contributed by atoms with Crippen LogP contribution in [0.3, 0.4) is 0 Å². The maximum absolute atomic E-state index is 13.7. The molecule has 3 amide bonds. The minimum absolute atomic E-state index is 0.340. The zero-order valence-electron chi connectivity index (χ0n) is 21.7. The Labute approximate surface area is 209 Å². The Morgan fingerprint density at radius 3 is 2.37 bits per heavy atom. The third-order valence-corrected chi connectivity index (χ3v) is 5.18. The number of hydrogen-bond acceptors (Lipinski definition) is 5. The van der Waals surface area contributed by atoms with E-state index in [9.17, 15) is 19.6 Å². The standard InChI is InChI=1S/C27H38N4O4/c1-8-10-13-17-29-24(32)23(21-15-12-11-14-20(21)9-2)31(18-16-28)25(33)22(19(3)4)30-26(34)35-27(5,6)7/h2,11-12,14-15,19,22-23H,8,10,13,17-18H2,1,3-7H3,(H,29,32)(H,30,34). The highest BCUT2D eigenvalue weighted by Gasteiger charge is 2.38. The van der Waals surface area contributed by atoms with Crippen LogP contribution in [0.4, 0.5) is 4.79 Å². The molecule has 1 aromatic rings. The Balaban J connectivity index is 3.43. The lowest BCUT2D eigenvalue weighted by atomic mass is 9.96. The molecule has 0 aliphatic heterocycles. The molecule has 0 radical (unpaired) electrons. The van der Waals surface area contributed by atoms with Gasteiger partial charge in [0, 0.05) is 12.1 Å². The van der Waals surface area contributed by atoms with Gasteiger partial charge in [-0.25, -0.2) is 4.79 Å². The number of ether oxygens (including phenoxy) is 1. The van der Waals surface area contributed by atoms with Gasteiger partial charge in [0.2, 0.25) is 11.8 Å². The molecule has 2 unspecified atom stereocenters. The SMILES string of the molecule is C#Cc1ccccc1C(C(=O)NCCCCC)N(CC#N)C(=O)C(NC(=O)OC(C)(C)C)C(C)C. The molecule has 0 saturated carbocycles. The van der Waals surface area contributed by atoms with Crippen molar-refractivity contribution >= 4 is 17.9 Å². The molecule has 0 heterocycles. The Kier molecular flexibility index (Phi) is 11.8. The number of rotatable bonds is 11. The van der Waals surface area contributed by atoms with E-state index < -0.39 is 35.6 Å². The lowest BCUT2D eigenvalue weighted by Crippen LogP contribution is -2.55. The van der Waals surface area contributed by atoms with Crippen molar-refractivity contribution in [2.24, 2.45) is 5.92 Å². The molecule has 2 atom stereocenters. The van der Waals surface area contributed by atoms with Gasteiger partial charge in [-0.15, -0.1) is 6.42 Å². The van der Waals surface area contributed by atoms with E-state index in [4.69, 9.17) is 11.2 Å². The number of unbranched alkanes of at least 4 members (excludes halogenated alkanes) is 2. The van der Waals surface area contributed by atoms with E-state index in [1.54, 1.807) is 58.9 Å². The average molecular weight is 483 g/mol. The first-order chi connectivity index (χ1) is 16.5. The molecule has 0 bridgehead atoms. The van der Waals surface area contributed by atoms with Crippen molar-refractivity contribution in [3.8, 4) is 18.4 Å². The number of carbonyl (C=O) groups is 3. The molecule has 1 rings (SSSR count). The second kappa shape index (κ2) is 14.0. The maximum atomic E-state index is 13.7. The van der Waals surface area contributed by atoms with Crippen LogP contribution >= 0.6 is 0 Å². The van der Waals surface area contributed by atoms with E-state index in [1.165, 1.54) is 4.90 Å². The summed E-state index contributed by atoms with van der Waals surface area (Å²) in [6.45, 7) is 10.8. The van der Waals surface area contributed by atoms with Crippen molar-refractivity contribution in [3.63, 3.8) is 0 Å². The quantitative estimate of drug-likeness (QED) is 0.282. The highest BCUT2D eigenvalue weighted by Crippen LogP contribution is 2.26. The molecular formula is C27H38N4O4. The fraction of sp³-hybridized carbons (Fsp3) is 0.556. The molecule has 8 nitrogen and oxygen atoms in total. The molecule has 0 aliphatic carbocycles. The van der Waals surface area contributed by atoms with Crippen molar-refractivity contribution in [1.29, 1.82) is 5.26 Å².